The van der Waals surface area contributed by atoms with Crippen LogP contribution in [0.4, 0.5) is 5.13 Å². The molecule has 0 atom stereocenters. The van der Waals surface area contributed by atoms with Crippen LogP contribution in [0.25, 0.3) is 10.3 Å². The molecule has 0 unspecified atom stereocenters. The Bertz CT molecular complexity index is 475. The van der Waals surface area contributed by atoms with Crippen LogP contribution < -0.4 is 4.90 Å². The largest absolute Gasteiger partial charge is 0.354 e. The van der Waals surface area contributed by atoms with Crippen molar-refractivity contribution >= 4 is 26.8 Å². The fraction of sp³-hybridized carbons (Fsp3) is 0.500. The second-order valence-electron chi connectivity index (χ2n) is 3.96. The number of rotatable bonds is 2. The van der Waals surface area contributed by atoms with Crippen LogP contribution in [0.3, 0.4) is 0 Å². The van der Waals surface area contributed by atoms with Gasteiger partial charge in [0.25, 0.3) is 0 Å². The molecule has 0 spiro atoms. The number of aromatic nitrogens is 3. The van der Waals surface area contributed by atoms with E-state index in [1.165, 1.54) is 0 Å². The monoisotopic (exact) mass is 222 g/mol. The molecule has 2 rings (SSSR count). The minimum Gasteiger partial charge on any atom is -0.354 e. The lowest BCUT2D eigenvalue weighted by Crippen LogP contribution is -2.07. The lowest BCUT2D eigenvalue weighted by Gasteiger charge is -2.05. The molecule has 0 saturated heterocycles. The third-order valence-electron chi connectivity index (χ3n) is 2.14. The minimum absolute atomic E-state index is 0.408. The fourth-order valence-corrected chi connectivity index (χ4v) is 2.44. The highest BCUT2D eigenvalue weighted by Gasteiger charge is 2.13. The first-order valence-electron chi connectivity index (χ1n) is 4.88. The summed E-state index contributed by atoms with van der Waals surface area (Å²) in [6.07, 6.45) is 1.59. The van der Waals surface area contributed by atoms with Crippen molar-refractivity contribution < 1.29 is 0 Å². The van der Waals surface area contributed by atoms with E-state index in [1.54, 1.807) is 17.7 Å². The normalized spacial score (nSPS) is 11.3. The molecule has 0 bridgehead atoms. The molecule has 0 amide bonds. The molecule has 0 aromatic carbocycles. The third-order valence-corrected chi connectivity index (χ3v) is 3.37. The summed E-state index contributed by atoms with van der Waals surface area (Å²) in [5.41, 5.74) is 1.90. The Labute approximate surface area is 93.0 Å². The van der Waals surface area contributed by atoms with E-state index in [0.717, 1.165) is 21.2 Å². The van der Waals surface area contributed by atoms with E-state index in [-0.39, 0.29) is 0 Å². The highest BCUT2D eigenvalue weighted by Crippen LogP contribution is 2.30. The van der Waals surface area contributed by atoms with Crippen LogP contribution in [0, 0.1) is 0 Å². The van der Waals surface area contributed by atoms with E-state index in [9.17, 15) is 0 Å². The summed E-state index contributed by atoms with van der Waals surface area (Å²) >= 11 is 1.65. The van der Waals surface area contributed by atoms with Gasteiger partial charge in [-0.2, -0.15) is 4.98 Å². The smallest absolute Gasteiger partial charge is 0.187 e. The number of fused-ring (bicyclic) bond motifs is 1. The quantitative estimate of drug-likeness (QED) is 0.781. The van der Waals surface area contributed by atoms with Crippen LogP contribution in [-0.2, 0) is 0 Å². The van der Waals surface area contributed by atoms with Crippen molar-refractivity contribution in [2.75, 3.05) is 19.0 Å². The molecule has 2 aromatic rings. The SMILES string of the molecule is CC(C)c1ncnc2nc(N(C)C)sc12. The maximum atomic E-state index is 4.45. The Morgan fingerprint density at radius 2 is 2.00 bits per heavy atom. The summed E-state index contributed by atoms with van der Waals surface area (Å²) in [7, 11) is 3.97. The van der Waals surface area contributed by atoms with Crippen molar-refractivity contribution in [1.82, 2.24) is 15.0 Å². The molecule has 4 nitrogen and oxygen atoms in total. The Kier molecular flexibility index (Phi) is 2.56. The maximum Gasteiger partial charge on any atom is 0.187 e. The molecule has 0 aliphatic carbocycles. The van der Waals surface area contributed by atoms with E-state index in [0.29, 0.717) is 5.92 Å². The summed E-state index contributed by atoms with van der Waals surface area (Å²) in [4.78, 5) is 15.0. The maximum absolute atomic E-state index is 4.45. The lowest BCUT2D eigenvalue weighted by molar-refractivity contribution is 0.830. The Morgan fingerprint density at radius 1 is 1.27 bits per heavy atom. The minimum atomic E-state index is 0.408. The number of thiazole rings is 1. The van der Waals surface area contributed by atoms with Gasteiger partial charge in [-0.3, -0.25) is 0 Å². The molecular formula is C10H14N4S. The molecule has 5 heteroatoms. The predicted molar refractivity (Wildman–Crippen MR) is 63.6 cm³/mol. The summed E-state index contributed by atoms with van der Waals surface area (Å²) in [5, 5.41) is 0.979. The second-order valence-corrected chi connectivity index (χ2v) is 4.93. The number of nitrogens with zero attached hydrogens (tertiary/aromatic N) is 4. The van der Waals surface area contributed by atoms with Crippen molar-refractivity contribution in [1.29, 1.82) is 0 Å². The van der Waals surface area contributed by atoms with Gasteiger partial charge in [0, 0.05) is 14.1 Å². The van der Waals surface area contributed by atoms with Gasteiger partial charge in [0.05, 0.1) is 10.4 Å². The highest BCUT2D eigenvalue weighted by atomic mass is 32.1. The Balaban J connectivity index is 2.64. The highest BCUT2D eigenvalue weighted by molar-refractivity contribution is 7.22. The first kappa shape index (κ1) is 10.3. The van der Waals surface area contributed by atoms with Gasteiger partial charge in [-0.25, -0.2) is 9.97 Å². The van der Waals surface area contributed by atoms with E-state index in [2.05, 4.69) is 28.8 Å². The zero-order valence-electron chi connectivity index (χ0n) is 9.35. The molecule has 0 aliphatic heterocycles. The average molecular weight is 222 g/mol. The first-order valence-corrected chi connectivity index (χ1v) is 5.70. The number of hydrogen-bond acceptors (Lipinski definition) is 5. The van der Waals surface area contributed by atoms with Gasteiger partial charge in [-0.15, -0.1) is 0 Å². The summed E-state index contributed by atoms with van der Waals surface area (Å²) < 4.78 is 1.11. The van der Waals surface area contributed by atoms with Crippen LogP contribution in [0.15, 0.2) is 6.33 Å². The van der Waals surface area contributed by atoms with Gasteiger partial charge < -0.3 is 4.90 Å². The molecule has 0 saturated carbocycles. The van der Waals surface area contributed by atoms with Crippen LogP contribution in [-0.4, -0.2) is 29.0 Å². The van der Waals surface area contributed by atoms with Gasteiger partial charge in [0.15, 0.2) is 10.8 Å². The van der Waals surface area contributed by atoms with Gasteiger partial charge in [0.1, 0.15) is 6.33 Å². The van der Waals surface area contributed by atoms with Crippen molar-refractivity contribution in [2.24, 2.45) is 0 Å². The Hall–Kier alpha value is -1.23. The van der Waals surface area contributed by atoms with Gasteiger partial charge in [0.2, 0.25) is 0 Å². The summed E-state index contributed by atoms with van der Waals surface area (Å²) in [5.74, 6) is 0.408. The zero-order chi connectivity index (χ0) is 11.0. The third kappa shape index (κ3) is 1.79. The Morgan fingerprint density at radius 3 is 2.60 bits per heavy atom. The van der Waals surface area contributed by atoms with Crippen molar-refractivity contribution in [3.05, 3.63) is 12.0 Å². The predicted octanol–water partition coefficient (Wildman–Crippen LogP) is 2.28. The second kappa shape index (κ2) is 3.73. The van der Waals surface area contributed by atoms with E-state index in [4.69, 9.17) is 0 Å². The van der Waals surface area contributed by atoms with Gasteiger partial charge in [-0.1, -0.05) is 25.2 Å². The fourth-order valence-electron chi connectivity index (χ4n) is 1.36. The van der Waals surface area contributed by atoms with Crippen LogP contribution in [0.2, 0.25) is 0 Å². The molecule has 15 heavy (non-hydrogen) atoms. The molecule has 2 aromatic heterocycles. The molecule has 0 aliphatic rings. The molecular weight excluding hydrogens is 208 g/mol. The summed E-state index contributed by atoms with van der Waals surface area (Å²) in [6, 6.07) is 0. The first-order chi connectivity index (χ1) is 7.09. The molecule has 2 heterocycles. The van der Waals surface area contributed by atoms with Crippen molar-refractivity contribution in [3.63, 3.8) is 0 Å². The van der Waals surface area contributed by atoms with Crippen molar-refractivity contribution in [3.8, 4) is 0 Å². The number of hydrogen-bond donors (Lipinski definition) is 0. The molecule has 80 valence electrons. The molecule has 0 fully saturated rings. The van der Waals surface area contributed by atoms with Gasteiger partial charge >= 0.3 is 0 Å². The standard InChI is InChI=1S/C10H14N4S/c1-6(2)7-8-9(12-5-11-7)13-10(15-8)14(3)4/h5-6H,1-4H3. The zero-order valence-corrected chi connectivity index (χ0v) is 10.2. The molecule has 0 N–H and O–H groups in total. The topological polar surface area (TPSA) is 41.9 Å². The lowest BCUT2D eigenvalue weighted by atomic mass is 10.1. The van der Waals surface area contributed by atoms with E-state index >= 15 is 0 Å². The van der Waals surface area contributed by atoms with Gasteiger partial charge in [-0.05, 0) is 5.92 Å². The van der Waals surface area contributed by atoms with E-state index < -0.39 is 0 Å². The van der Waals surface area contributed by atoms with Crippen LogP contribution >= 0.6 is 11.3 Å². The number of anilines is 1. The molecule has 0 radical (unpaired) electrons. The summed E-state index contributed by atoms with van der Waals surface area (Å²) in [6.45, 7) is 4.27. The van der Waals surface area contributed by atoms with E-state index in [1.807, 2.05) is 19.0 Å². The van der Waals surface area contributed by atoms with Crippen LogP contribution in [0.5, 0.6) is 0 Å². The van der Waals surface area contributed by atoms with Crippen LogP contribution in [0.1, 0.15) is 25.5 Å². The van der Waals surface area contributed by atoms with Crippen molar-refractivity contribution in [2.45, 2.75) is 19.8 Å². The average Bonchev–Trinajstić information content (AvgIpc) is 2.60.